The fraction of sp³-hybridized carbons (Fsp3) is 0.0400. The van der Waals surface area contributed by atoms with Crippen LogP contribution in [0.5, 0.6) is 0 Å². The minimum Gasteiger partial charge on any atom is -0.341 e. The van der Waals surface area contributed by atoms with Crippen molar-refractivity contribution in [3.05, 3.63) is 103 Å². The standard InChI is InChI=1S/C25H20N4/c1-16-8-4-6-10-20(16)23-12-24-22(14-27-23)17(2)29(18(3)28-24)25-15-26-13-19-9-5-7-11-21(19)25/h4-15,28H,2-3H2,1H3. The Morgan fingerprint density at radius 1 is 0.897 bits per heavy atom. The summed E-state index contributed by atoms with van der Waals surface area (Å²) >= 11 is 0. The smallest absolute Gasteiger partial charge is 0.108 e. The average molecular weight is 376 g/mol. The predicted molar refractivity (Wildman–Crippen MR) is 120 cm³/mol. The van der Waals surface area contributed by atoms with Crippen LogP contribution >= 0.6 is 0 Å². The number of aryl methyl sites for hydroxylation is 1. The van der Waals surface area contributed by atoms with E-state index < -0.39 is 0 Å². The summed E-state index contributed by atoms with van der Waals surface area (Å²) in [6, 6.07) is 18.5. The van der Waals surface area contributed by atoms with E-state index in [4.69, 9.17) is 4.98 Å². The molecule has 1 aliphatic heterocycles. The summed E-state index contributed by atoms with van der Waals surface area (Å²) in [6.07, 6.45) is 5.59. The van der Waals surface area contributed by atoms with Crippen LogP contribution in [-0.4, -0.2) is 9.97 Å². The SMILES string of the molecule is C=C1Nc2cc(-c3ccccc3C)ncc2C(=C)N1c1cncc2ccccc12. The van der Waals surface area contributed by atoms with Crippen molar-refractivity contribution in [2.24, 2.45) is 0 Å². The van der Waals surface area contributed by atoms with Crippen molar-refractivity contribution in [2.45, 2.75) is 6.92 Å². The lowest BCUT2D eigenvalue weighted by Crippen LogP contribution is -2.29. The van der Waals surface area contributed by atoms with Crippen LogP contribution in [0.15, 0.2) is 92.2 Å². The third-order valence-electron chi connectivity index (χ3n) is 5.34. The fourth-order valence-electron chi connectivity index (χ4n) is 3.86. The van der Waals surface area contributed by atoms with Crippen molar-refractivity contribution < 1.29 is 0 Å². The van der Waals surface area contributed by atoms with Gasteiger partial charge in [-0.1, -0.05) is 61.7 Å². The van der Waals surface area contributed by atoms with Gasteiger partial charge in [0.1, 0.15) is 5.82 Å². The zero-order valence-corrected chi connectivity index (χ0v) is 16.2. The highest BCUT2D eigenvalue weighted by molar-refractivity contribution is 6.01. The van der Waals surface area contributed by atoms with E-state index in [-0.39, 0.29) is 0 Å². The van der Waals surface area contributed by atoms with E-state index in [0.29, 0.717) is 0 Å². The normalized spacial score (nSPS) is 13.3. The van der Waals surface area contributed by atoms with E-state index in [9.17, 15) is 0 Å². The first-order valence-corrected chi connectivity index (χ1v) is 9.47. The molecule has 2 aromatic heterocycles. The zero-order chi connectivity index (χ0) is 20.0. The Balaban J connectivity index is 1.60. The second-order valence-corrected chi connectivity index (χ2v) is 7.16. The highest BCUT2D eigenvalue weighted by Gasteiger charge is 2.26. The number of hydrogen-bond acceptors (Lipinski definition) is 4. The van der Waals surface area contributed by atoms with Gasteiger partial charge in [-0.05, 0) is 18.6 Å². The van der Waals surface area contributed by atoms with Gasteiger partial charge in [0.15, 0.2) is 0 Å². The molecule has 0 unspecified atom stereocenters. The molecule has 4 nitrogen and oxygen atoms in total. The van der Waals surface area contributed by atoms with Crippen LogP contribution in [0.4, 0.5) is 11.4 Å². The number of nitrogens with one attached hydrogen (secondary N) is 1. The molecular weight excluding hydrogens is 356 g/mol. The molecule has 1 N–H and O–H groups in total. The Kier molecular flexibility index (Phi) is 3.91. The minimum absolute atomic E-state index is 0.739. The monoisotopic (exact) mass is 376 g/mol. The van der Waals surface area contributed by atoms with Crippen molar-refractivity contribution >= 4 is 27.8 Å². The van der Waals surface area contributed by atoms with Gasteiger partial charge in [0.25, 0.3) is 0 Å². The molecule has 0 amide bonds. The molecule has 0 fully saturated rings. The van der Waals surface area contributed by atoms with Gasteiger partial charge < -0.3 is 5.32 Å². The molecule has 4 aromatic rings. The van der Waals surface area contributed by atoms with Crippen LogP contribution in [0.3, 0.4) is 0 Å². The van der Waals surface area contributed by atoms with Crippen LogP contribution in [0.2, 0.25) is 0 Å². The second-order valence-electron chi connectivity index (χ2n) is 7.16. The molecule has 0 bridgehead atoms. The van der Waals surface area contributed by atoms with Gasteiger partial charge >= 0.3 is 0 Å². The summed E-state index contributed by atoms with van der Waals surface area (Å²) in [5, 5.41) is 5.61. The van der Waals surface area contributed by atoms with Gasteiger partial charge in [-0.2, -0.15) is 0 Å². The van der Waals surface area contributed by atoms with Crippen molar-refractivity contribution in [2.75, 3.05) is 10.2 Å². The number of hydrogen-bond donors (Lipinski definition) is 1. The van der Waals surface area contributed by atoms with Crippen LogP contribution in [0, 0.1) is 6.92 Å². The lowest BCUT2D eigenvalue weighted by atomic mass is 10.0. The highest BCUT2D eigenvalue weighted by Crippen LogP contribution is 2.40. The summed E-state index contributed by atoms with van der Waals surface area (Å²) in [4.78, 5) is 11.1. The average Bonchev–Trinajstić information content (AvgIpc) is 2.74. The van der Waals surface area contributed by atoms with Gasteiger partial charge in [0.2, 0.25) is 0 Å². The van der Waals surface area contributed by atoms with Gasteiger partial charge in [0.05, 0.1) is 29.0 Å². The van der Waals surface area contributed by atoms with Gasteiger partial charge in [0, 0.05) is 34.3 Å². The number of fused-ring (bicyclic) bond motifs is 2. The predicted octanol–water partition coefficient (Wildman–Crippen LogP) is 5.98. The molecule has 29 heavy (non-hydrogen) atoms. The van der Waals surface area contributed by atoms with E-state index in [1.54, 1.807) is 0 Å². The van der Waals surface area contributed by atoms with E-state index in [1.807, 2.05) is 47.8 Å². The van der Waals surface area contributed by atoms with Crippen molar-refractivity contribution in [1.29, 1.82) is 0 Å². The number of nitrogens with zero attached hydrogens (tertiary/aromatic N) is 3. The first-order valence-electron chi connectivity index (χ1n) is 9.47. The topological polar surface area (TPSA) is 41.1 Å². The summed E-state index contributed by atoms with van der Waals surface area (Å²) in [5.74, 6) is 0.739. The number of benzene rings is 2. The minimum atomic E-state index is 0.739. The van der Waals surface area contributed by atoms with Crippen molar-refractivity contribution in [3.63, 3.8) is 0 Å². The second kappa shape index (κ2) is 6.60. The molecule has 2 aromatic carbocycles. The van der Waals surface area contributed by atoms with Crippen LogP contribution < -0.4 is 10.2 Å². The quantitative estimate of drug-likeness (QED) is 0.467. The molecule has 0 saturated heterocycles. The first kappa shape index (κ1) is 17.2. The number of pyridine rings is 2. The summed E-state index contributed by atoms with van der Waals surface area (Å²) in [5.41, 5.74) is 6.91. The van der Waals surface area contributed by atoms with Crippen LogP contribution in [-0.2, 0) is 0 Å². The molecule has 0 aliphatic carbocycles. The number of rotatable bonds is 2. The molecule has 4 heteroatoms. The summed E-state index contributed by atoms with van der Waals surface area (Å²) < 4.78 is 0. The van der Waals surface area contributed by atoms with Gasteiger partial charge in [-0.15, -0.1) is 0 Å². The maximum absolute atomic E-state index is 4.72. The summed E-state index contributed by atoms with van der Waals surface area (Å²) in [6.45, 7) is 10.7. The third-order valence-corrected chi connectivity index (χ3v) is 5.34. The third kappa shape index (κ3) is 2.77. The molecule has 0 saturated carbocycles. The molecule has 0 radical (unpaired) electrons. The Hall–Kier alpha value is -3.92. The molecular formula is C25H20N4. The van der Waals surface area contributed by atoms with Gasteiger partial charge in [-0.3, -0.25) is 14.9 Å². The molecule has 140 valence electrons. The zero-order valence-electron chi connectivity index (χ0n) is 16.2. The van der Waals surface area contributed by atoms with E-state index in [1.165, 1.54) is 5.56 Å². The van der Waals surface area contributed by atoms with Crippen molar-refractivity contribution in [1.82, 2.24) is 9.97 Å². The van der Waals surface area contributed by atoms with Crippen molar-refractivity contribution in [3.8, 4) is 11.3 Å². The van der Waals surface area contributed by atoms with E-state index in [0.717, 1.165) is 50.5 Å². The Labute approximate surface area is 169 Å². The van der Waals surface area contributed by atoms with E-state index >= 15 is 0 Å². The maximum atomic E-state index is 4.72. The molecule has 5 rings (SSSR count). The number of anilines is 2. The van der Waals surface area contributed by atoms with Gasteiger partial charge in [-0.25, -0.2) is 0 Å². The Morgan fingerprint density at radius 2 is 1.69 bits per heavy atom. The van der Waals surface area contributed by atoms with Crippen LogP contribution in [0.1, 0.15) is 11.1 Å². The molecule has 0 atom stereocenters. The largest absolute Gasteiger partial charge is 0.341 e. The maximum Gasteiger partial charge on any atom is 0.108 e. The molecule has 3 heterocycles. The lowest BCUT2D eigenvalue weighted by Gasteiger charge is -2.35. The molecule has 0 spiro atoms. The van der Waals surface area contributed by atoms with E-state index in [2.05, 4.69) is 60.7 Å². The Bertz CT molecular complexity index is 1280. The summed E-state index contributed by atoms with van der Waals surface area (Å²) in [7, 11) is 0. The fourth-order valence-corrected chi connectivity index (χ4v) is 3.86. The highest BCUT2D eigenvalue weighted by atomic mass is 15.3. The lowest BCUT2D eigenvalue weighted by molar-refractivity contribution is 1.13. The molecule has 1 aliphatic rings. The first-order chi connectivity index (χ1) is 14.1. The Morgan fingerprint density at radius 3 is 2.55 bits per heavy atom. The van der Waals surface area contributed by atoms with Crippen LogP contribution in [0.25, 0.3) is 27.7 Å². The number of aromatic nitrogens is 2.